The van der Waals surface area contributed by atoms with Crippen molar-refractivity contribution in [2.45, 2.75) is 230 Å². The number of hydrogen-bond donors (Lipinski definition) is 8. The molecule has 0 radical (unpaired) electrons. The number of ether oxygens (including phenoxy) is 2. The fourth-order valence-corrected chi connectivity index (χ4v) is 6.80. The van der Waals surface area contributed by atoms with Gasteiger partial charge in [0.25, 0.3) is 0 Å². The molecule has 1 fully saturated rings. The maximum Gasteiger partial charge on any atom is 0.249 e. The molecule has 0 aromatic heterocycles. The molecule has 1 amide bonds. The second kappa shape index (κ2) is 30.4. The van der Waals surface area contributed by atoms with Crippen LogP contribution in [0.4, 0.5) is 0 Å². The summed E-state index contributed by atoms with van der Waals surface area (Å²) in [5.41, 5.74) is 0. The van der Waals surface area contributed by atoms with Crippen molar-refractivity contribution in [3.8, 4) is 0 Å². The average Bonchev–Trinajstić information content (AvgIpc) is 3.11. The van der Waals surface area contributed by atoms with Crippen LogP contribution in [0.5, 0.6) is 0 Å². The van der Waals surface area contributed by atoms with Gasteiger partial charge in [-0.05, 0) is 18.8 Å². The molecule has 9 atom stereocenters. The zero-order chi connectivity index (χ0) is 37.9. The van der Waals surface area contributed by atoms with Gasteiger partial charge in [0.1, 0.15) is 36.6 Å². The smallest absolute Gasteiger partial charge is 0.249 e. The van der Waals surface area contributed by atoms with Crippen molar-refractivity contribution >= 4 is 5.91 Å². The molecule has 0 saturated carbocycles. The molecule has 304 valence electrons. The maximum absolute atomic E-state index is 13.0. The van der Waals surface area contributed by atoms with Crippen LogP contribution in [0.25, 0.3) is 0 Å². The van der Waals surface area contributed by atoms with Crippen LogP contribution in [-0.4, -0.2) is 110 Å². The van der Waals surface area contributed by atoms with E-state index in [4.69, 9.17) is 9.47 Å². The van der Waals surface area contributed by atoms with Crippen LogP contribution in [0.2, 0.25) is 0 Å². The fraction of sp³-hybridized carbons (Fsp3) is 0.975. The average molecular weight is 734 g/mol. The Morgan fingerprint density at radius 1 is 0.647 bits per heavy atom. The Morgan fingerprint density at radius 3 is 1.57 bits per heavy atom. The lowest BCUT2D eigenvalue weighted by Crippen LogP contribution is -2.60. The highest BCUT2D eigenvalue weighted by Gasteiger charge is 2.44. The summed E-state index contributed by atoms with van der Waals surface area (Å²) >= 11 is 0. The third-order valence-electron chi connectivity index (χ3n) is 10.3. The van der Waals surface area contributed by atoms with E-state index in [0.29, 0.717) is 19.3 Å². The first-order valence-electron chi connectivity index (χ1n) is 20.8. The first-order chi connectivity index (χ1) is 24.5. The second-order valence-electron chi connectivity index (χ2n) is 15.6. The van der Waals surface area contributed by atoms with Crippen LogP contribution in [0, 0.1) is 5.92 Å². The summed E-state index contributed by atoms with van der Waals surface area (Å²) in [6.07, 6.45) is 14.5. The Hall–Kier alpha value is -0.890. The third kappa shape index (κ3) is 22.2. The number of nitrogens with one attached hydrogen (secondary N) is 1. The van der Waals surface area contributed by atoms with Crippen molar-refractivity contribution in [3.63, 3.8) is 0 Å². The molecule has 0 unspecified atom stereocenters. The van der Waals surface area contributed by atoms with Gasteiger partial charge in [0, 0.05) is 0 Å². The zero-order valence-electron chi connectivity index (χ0n) is 32.5. The lowest BCUT2D eigenvalue weighted by molar-refractivity contribution is -0.303. The minimum absolute atomic E-state index is 0.264. The van der Waals surface area contributed by atoms with E-state index in [2.05, 4.69) is 26.1 Å². The van der Waals surface area contributed by atoms with Crippen molar-refractivity contribution in [1.29, 1.82) is 0 Å². The number of rotatable bonds is 33. The van der Waals surface area contributed by atoms with Gasteiger partial charge in [-0.3, -0.25) is 4.79 Å². The summed E-state index contributed by atoms with van der Waals surface area (Å²) in [4.78, 5) is 13.0. The van der Waals surface area contributed by atoms with E-state index in [-0.39, 0.29) is 6.42 Å². The largest absolute Gasteiger partial charge is 0.394 e. The van der Waals surface area contributed by atoms with Crippen molar-refractivity contribution < 1.29 is 50.0 Å². The minimum atomic E-state index is -1.65. The highest BCUT2D eigenvalue weighted by Crippen LogP contribution is 2.23. The SMILES string of the molecule is CCCCCCCCCCCCCC[C@@H](O)C(=O)N[C@@H](CO[C@@H]1O[C@H](CO)[C@@H](O)[C@H](O)[C@H]1O)[C@H](O)[C@H](O)CCCCCCCCCCCC(C)C. The lowest BCUT2D eigenvalue weighted by atomic mass is 9.98. The van der Waals surface area contributed by atoms with E-state index in [1.165, 1.54) is 89.9 Å². The number of aliphatic hydroxyl groups excluding tert-OH is 7. The predicted molar refractivity (Wildman–Crippen MR) is 201 cm³/mol. The molecule has 0 bridgehead atoms. The molecule has 0 aromatic rings. The van der Waals surface area contributed by atoms with E-state index in [9.17, 15) is 40.5 Å². The first-order valence-corrected chi connectivity index (χ1v) is 20.8. The molecule has 0 aromatic carbocycles. The molecule has 51 heavy (non-hydrogen) atoms. The molecular weight excluding hydrogens is 654 g/mol. The quantitative estimate of drug-likeness (QED) is 0.0405. The van der Waals surface area contributed by atoms with Gasteiger partial charge in [-0.2, -0.15) is 0 Å². The minimum Gasteiger partial charge on any atom is -0.394 e. The van der Waals surface area contributed by atoms with Crippen LogP contribution in [0.3, 0.4) is 0 Å². The maximum atomic E-state index is 13.0. The van der Waals surface area contributed by atoms with E-state index in [0.717, 1.165) is 44.4 Å². The van der Waals surface area contributed by atoms with E-state index < -0.39 is 74.2 Å². The van der Waals surface area contributed by atoms with Gasteiger partial charge in [0.05, 0.1) is 25.4 Å². The first kappa shape index (κ1) is 48.1. The monoisotopic (exact) mass is 734 g/mol. The Bertz CT molecular complexity index is 818. The summed E-state index contributed by atoms with van der Waals surface area (Å²) in [5.74, 6) is 0.0665. The molecule has 0 aliphatic carbocycles. The molecule has 0 spiro atoms. The van der Waals surface area contributed by atoms with Crippen LogP contribution in [0.15, 0.2) is 0 Å². The van der Waals surface area contributed by atoms with Gasteiger partial charge in [-0.25, -0.2) is 0 Å². The van der Waals surface area contributed by atoms with Crippen LogP contribution < -0.4 is 5.32 Å². The summed E-state index contributed by atoms with van der Waals surface area (Å²) in [5, 5.41) is 75.3. The zero-order valence-corrected chi connectivity index (χ0v) is 32.5. The molecule has 1 aliphatic heterocycles. The number of unbranched alkanes of at least 4 members (excludes halogenated alkanes) is 19. The van der Waals surface area contributed by atoms with Crippen molar-refractivity contribution in [3.05, 3.63) is 0 Å². The summed E-state index contributed by atoms with van der Waals surface area (Å²) in [6, 6.07) is -1.16. The molecule has 1 heterocycles. The summed E-state index contributed by atoms with van der Waals surface area (Å²) < 4.78 is 11.0. The Kier molecular flexibility index (Phi) is 28.7. The number of carbonyl (C=O) groups is 1. The van der Waals surface area contributed by atoms with Gasteiger partial charge in [-0.15, -0.1) is 0 Å². The number of carbonyl (C=O) groups excluding carboxylic acids is 1. The Labute approximate surface area is 309 Å². The van der Waals surface area contributed by atoms with E-state index >= 15 is 0 Å². The molecule has 1 saturated heterocycles. The number of aliphatic hydroxyl groups is 7. The number of hydrogen-bond acceptors (Lipinski definition) is 10. The Balaban J connectivity index is 2.53. The third-order valence-corrected chi connectivity index (χ3v) is 10.3. The van der Waals surface area contributed by atoms with Gasteiger partial charge < -0.3 is 50.5 Å². The molecule has 11 heteroatoms. The van der Waals surface area contributed by atoms with Crippen LogP contribution in [-0.2, 0) is 14.3 Å². The van der Waals surface area contributed by atoms with Crippen LogP contribution in [0.1, 0.15) is 175 Å². The van der Waals surface area contributed by atoms with Gasteiger partial charge in [-0.1, -0.05) is 162 Å². The molecule has 8 N–H and O–H groups in total. The summed E-state index contributed by atoms with van der Waals surface area (Å²) in [6.45, 7) is 5.70. The predicted octanol–water partition coefficient (Wildman–Crippen LogP) is 5.41. The van der Waals surface area contributed by atoms with Crippen molar-refractivity contribution in [2.24, 2.45) is 5.92 Å². The molecular formula is C40H79NO10. The highest BCUT2D eigenvalue weighted by atomic mass is 16.7. The Morgan fingerprint density at radius 2 is 1.10 bits per heavy atom. The lowest BCUT2D eigenvalue weighted by Gasteiger charge is -2.40. The normalized spacial score (nSPS) is 23.3. The summed E-state index contributed by atoms with van der Waals surface area (Å²) in [7, 11) is 0. The van der Waals surface area contributed by atoms with Gasteiger partial charge in [0.2, 0.25) is 5.91 Å². The molecule has 1 aliphatic rings. The topological polar surface area (TPSA) is 189 Å². The van der Waals surface area contributed by atoms with E-state index in [1.807, 2.05) is 0 Å². The van der Waals surface area contributed by atoms with Gasteiger partial charge >= 0.3 is 0 Å². The fourth-order valence-electron chi connectivity index (χ4n) is 6.80. The second-order valence-corrected chi connectivity index (χ2v) is 15.6. The van der Waals surface area contributed by atoms with Gasteiger partial charge in [0.15, 0.2) is 6.29 Å². The van der Waals surface area contributed by atoms with Crippen molar-refractivity contribution in [2.75, 3.05) is 13.2 Å². The molecule has 1 rings (SSSR count). The molecule has 11 nitrogen and oxygen atoms in total. The highest BCUT2D eigenvalue weighted by molar-refractivity contribution is 5.80. The van der Waals surface area contributed by atoms with Crippen molar-refractivity contribution in [1.82, 2.24) is 5.32 Å². The number of amides is 1. The van der Waals surface area contributed by atoms with Crippen LogP contribution >= 0.6 is 0 Å². The standard InChI is InChI=1S/C40H79NO10/c1-4-5-6-7-8-9-10-11-14-18-21-24-27-33(44)39(49)41-31(29-50-40-38(48)37(47)36(46)34(28-42)51-40)35(45)32(43)26-23-20-17-15-12-13-16-19-22-25-30(2)3/h30-38,40,42-48H,4-29H2,1-3H3,(H,41,49)/t31-,32+,33+,34+,35-,36+,37-,38+,40+/m0/s1. The van der Waals surface area contributed by atoms with E-state index in [1.54, 1.807) is 0 Å².